The highest BCUT2D eigenvalue weighted by molar-refractivity contribution is 8.00. The standard InChI is InChI=1S/C18H29N3OS/c1-14(2)17-12-21(9-10-23-17)13-18(22)19-11-15-5-7-16(8-6-15)20(3)4/h5-8,14,17H,9-13H2,1-4H3,(H,19,22)/t17-/m1/s1. The van der Waals surface area contributed by atoms with Crippen molar-refractivity contribution in [3.8, 4) is 0 Å². The van der Waals surface area contributed by atoms with Crippen molar-refractivity contribution in [2.75, 3.05) is 44.4 Å². The molecule has 0 unspecified atom stereocenters. The van der Waals surface area contributed by atoms with Crippen LogP contribution in [0.1, 0.15) is 19.4 Å². The zero-order valence-electron chi connectivity index (χ0n) is 14.7. The molecule has 0 bridgehead atoms. The molecule has 1 fully saturated rings. The summed E-state index contributed by atoms with van der Waals surface area (Å²) in [5.41, 5.74) is 2.31. The molecule has 0 spiro atoms. The second kappa shape index (κ2) is 8.60. The average Bonchev–Trinajstić information content (AvgIpc) is 2.53. The van der Waals surface area contributed by atoms with E-state index in [4.69, 9.17) is 0 Å². The molecule has 1 N–H and O–H groups in total. The van der Waals surface area contributed by atoms with E-state index in [9.17, 15) is 4.79 Å². The van der Waals surface area contributed by atoms with Gasteiger partial charge < -0.3 is 10.2 Å². The van der Waals surface area contributed by atoms with Gasteiger partial charge in [-0.3, -0.25) is 9.69 Å². The van der Waals surface area contributed by atoms with Crippen LogP contribution in [0.2, 0.25) is 0 Å². The molecule has 1 amide bonds. The van der Waals surface area contributed by atoms with Crippen LogP contribution in [0.5, 0.6) is 0 Å². The van der Waals surface area contributed by atoms with Crippen LogP contribution in [-0.4, -0.2) is 55.5 Å². The molecule has 4 nitrogen and oxygen atoms in total. The SMILES string of the molecule is CC(C)[C@H]1CN(CC(=O)NCc2ccc(N(C)C)cc2)CCS1. The lowest BCUT2D eigenvalue weighted by Crippen LogP contribution is -2.45. The Morgan fingerprint density at radius 3 is 2.65 bits per heavy atom. The zero-order chi connectivity index (χ0) is 16.8. The minimum absolute atomic E-state index is 0.121. The van der Waals surface area contributed by atoms with E-state index in [0.29, 0.717) is 24.3 Å². The lowest BCUT2D eigenvalue weighted by atomic mass is 10.1. The average molecular weight is 336 g/mol. The quantitative estimate of drug-likeness (QED) is 0.866. The number of carbonyl (C=O) groups excluding carboxylic acids is 1. The predicted octanol–water partition coefficient (Wildman–Crippen LogP) is 2.44. The number of hydrogen-bond donors (Lipinski definition) is 1. The summed E-state index contributed by atoms with van der Waals surface area (Å²) in [6, 6.07) is 8.30. The molecule has 0 saturated carbocycles. The minimum Gasteiger partial charge on any atom is -0.378 e. The molecule has 2 rings (SSSR count). The van der Waals surface area contributed by atoms with Gasteiger partial charge in [-0.2, -0.15) is 11.8 Å². The van der Waals surface area contributed by atoms with E-state index in [1.807, 2.05) is 25.9 Å². The van der Waals surface area contributed by atoms with E-state index in [1.165, 1.54) is 5.69 Å². The van der Waals surface area contributed by atoms with Crippen molar-refractivity contribution in [2.45, 2.75) is 25.6 Å². The molecule has 23 heavy (non-hydrogen) atoms. The summed E-state index contributed by atoms with van der Waals surface area (Å²) in [6.07, 6.45) is 0. The van der Waals surface area contributed by atoms with Gasteiger partial charge in [0, 0.05) is 50.4 Å². The molecule has 1 aromatic rings. The van der Waals surface area contributed by atoms with Crippen LogP contribution < -0.4 is 10.2 Å². The van der Waals surface area contributed by atoms with Crippen LogP contribution in [-0.2, 0) is 11.3 Å². The zero-order valence-corrected chi connectivity index (χ0v) is 15.5. The lowest BCUT2D eigenvalue weighted by molar-refractivity contribution is -0.122. The second-order valence-electron chi connectivity index (χ2n) is 6.73. The highest BCUT2D eigenvalue weighted by atomic mass is 32.2. The van der Waals surface area contributed by atoms with Crippen molar-refractivity contribution < 1.29 is 4.79 Å². The van der Waals surface area contributed by atoms with Crippen molar-refractivity contribution in [3.05, 3.63) is 29.8 Å². The molecule has 0 aromatic heterocycles. The van der Waals surface area contributed by atoms with Crippen molar-refractivity contribution in [1.29, 1.82) is 0 Å². The molecule has 1 aliphatic rings. The fourth-order valence-electron chi connectivity index (χ4n) is 2.65. The molecule has 1 heterocycles. The maximum atomic E-state index is 12.2. The summed E-state index contributed by atoms with van der Waals surface area (Å²) in [5, 5.41) is 3.69. The molecule has 0 aliphatic carbocycles. The summed E-state index contributed by atoms with van der Waals surface area (Å²) >= 11 is 2.04. The van der Waals surface area contributed by atoms with Gasteiger partial charge in [0.2, 0.25) is 5.91 Å². The normalized spacial score (nSPS) is 18.9. The maximum Gasteiger partial charge on any atom is 0.234 e. The van der Waals surface area contributed by atoms with Gasteiger partial charge in [0.15, 0.2) is 0 Å². The second-order valence-corrected chi connectivity index (χ2v) is 8.07. The van der Waals surface area contributed by atoms with Gasteiger partial charge in [-0.25, -0.2) is 0 Å². The molecule has 128 valence electrons. The lowest BCUT2D eigenvalue weighted by Gasteiger charge is -2.33. The Kier molecular flexibility index (Phi) is 6.78. The van der Waals surface area contributed by atoms with Crippen LogP contribution in [0.25, 0.3) is 0 Å². The van der Waals surface area contributed by atoms with Crippen LogP contribution in [0, 0.1) is 5.92 Å². The summed E-state index contributed by atoms with van der Waals surface area (Å²) in [7, 11) is 4.05. The number of thioether (sulfide) groups is 1. The van der Waals surface area contributed by atoms with Crippen molar-refractivity contribution in [2.24, 2.45) is 5.92 Å². The number of nitrogens with zero attached hydrogens (tertiary/aromatic N) is 2. The molecule has 5 heteroatoms. The van der Waals surface area contributed by atoms with E-state index in [0.717, 1.165) is 24.4 Å². The Balaban J connectivity index is 1.76. The first-order chi connectivity index (χ1) is 11.0. The Morgan fingerprint density at radius 1 is 1.35 bits per heavy atom. The number of amides is 1. The highest BCUT2D eigenvalue weighted by Gasteiger charge is 2.23. The molecule has 1 aliphatic heterocycles. The van der Waals surface area contributed by atoms with E-state index in [1.54, 1.807) is 0 Å². The number of hydrogen-bond acceptors (Lipinski definition) is 4. The van der Waals surface area contributed by atoms with Gasteiger partial charge in [0.1, 0.15) is 0 Å². The highest BCUT2D eigenvalue weighted by Crippen LogP contribution is 2.24. The van der Waals surface area contributed by atoms with Crippen molar-refractivity contribution >= 4 is 23.4 Å². The topological polar surface area (TPSA) is 35.6 Å². The minimum atomic E-state index is 0.121. The molecule has 1 aromatic carbocycles. The van der Waals surface area contributed by atoms with E-state index >= 15 is 0 Å². The Hall–Kier alpha value is -1.20. The first-order valence-electron chi connectivity index (χ1n) is 8.32. The van der Waals surface area contributed by atoms with Crippen LogP contribution in [0.15, 0.2) is 24.3 Å². The third-order valence-electron chi connectivity index (χ3n) is 4.23. The van der Waals surface area contributed by atoms with Crippen molar-refractivity contribution in [1.82, 2.24) is 10.2 Å². The fraction of sp³-hybridized carbons (Fsp3) is 0.611. The molecule has 1 atom stereocenters. The molecular weight excluding hydrogens is 306 g/mol. The molecule has 0 radical (unpaired) electrons. The van der Waals surface area contributed by atoms with Gasteiger partial charge in [-0.1, -0.05) is 26.0 Å². The monoisotopic (exact) mass is 335 g/mol. The van der Waals surface area contributed by atoms with Gasteiger partial charge >= 0.3 is 0 Å². The number of nitrogens with one attached hydrogen (secondary N) is 1. The Morgan fingerprint density at radius 2 is 2.04 bits per heavy atom. The number of benzene rings is 1. The Bertz CT molecular complexity index is 501. The summed E-state index contributed by atoms with van der Waals surface area (Å²) < 4.78 is 0. The van der Waals surface area contributed by atoms with E-state index in [2.05, 4.69) is 53.2 Å². The van der Waals surface area contributed by atoms with Crippen LogP contribution >= 0.6 is 11.8 Å². The van der Waals surface area contributed by atoms with E-state index in [-0.39, 0.29) is 5.91 Å². The maximum absolute atomic E-state index is 12.2. The number of rotatable bonds is 6. The molecule has 1 saturated heterocycles. The van der Waals surface area contributed by atoms with Gasteiger partial charge in [-0.15, -0.1) is 0 Å². The first kappa shape index (κ1) is 18.1. The number of anilines is 1. The summed E-state index contributed by atoms with van der Waals surface area (Å²) in [5.74, 6) is 1.92. The third kappa shape index (κ3) is 5.74. The van der Waals surface area contributed by atoms with Gasteiger partial charge in [0.25, 0.3) is 0 Å². The Labute approximate surface area is 144 Å². The van der Waals surface area contributed by atoms with Gasteiger partial charge in [-0.05, 0) is 23.6 Å². The number of carbonyl (C=O) groups is 1. The summed E-state index contributed by atoms with van der Waals surface area (Å²) in [4.78, 5) is 16.5. The molecular formula is C18H29N3OS. The summed E-state index contributed by atoms with van der Waals surface area (Å²) in [6.45, 7) is 7.67. The fourth-order valence-corrected chi connectivity index (χ4v) is 4.02. The smallest absolute Gasteiger partial charge is 0.234 e. The van der Waals surface area contributed by atoms with E-state index < -0.39 is 0 Å². The third-order valence-corrected chi connectivity index (χ3v) is 5.77. The van der Waals surface area contributed by atoms with Crippen LogP contribution in [0.4, 0.5) is 5.69 Å². The van der Waals surface area contributed by atoms with Gasteiger partial charge in [0.05, 0.1) is 6.54 Å². The predicted molar refractivity (Wildman–Crippen MR) is 100 cm³/mol. The largest absolute Gasteiger partial charge is 0.378 e. The van der Waals surface area contributed by atoms with Crippen molar-refractivity contribution in [3.63, 3.8) is 0 Å². The first-order valence-corrected chi connectivity index (χ1v) is 9.37. The van der Waals surface area contributed by atoms with Crippen LogP contribution in [0.3, 0.4) is 0 Å².